The number of aromatic nitrogens is 4. The van der Waals surface area contributed by atoms with Crippen molar-refractivity contribution in [1.29, 1.82) is 0 Å². The molecule has 2 aromatic heterocycles. The highest BCUT2D eigenvalue weighted by molar-refractivity contribution is 5.83. The van der Waals surface area contributed by atoms with Crippen LogP contribution in [0.2, 0.25) is 0 Å². The van der Waals surface area contributed by atoms with Crippen LogP contribution in [-0.4, -0.2) is 27.3 Å². The number of ether oxygens (including phenoxy) is 1. The Morgan fingerprint density at radius 2 is 1.88 bits per heavy atom. The highest BCUT2D eigenvalue weighted by atomic mass is 19.1. The number of hydrogen-bond donors (Lipinski definition) is 1. The lowest BCUT2D eigenvalue weighted by molar-refractivity contribution is 0.411. The van der Waals surface area contributed by atoms with Crippen LogP contribution in [0.1, 0.15) is 0 Å². The molecule has 0 fully saturated rings. The Hall–Kier alpha value is -3.28. The van der Waals surface area contributed by atoms with Crippen molar-refractivity contribution < 1.29 is 9.13 Å². The largest absolute Gasteiger partial charge is 0.497 e. The van der Waals surface area contributed by atoms with Crippen LogP contribution in [0.25, 0.3) is 33.4 Å². The SMILES string of the molecule is COc1ccc(-c2cc(-c3ccc4[nH]ncc4c3)ncn2)c(F)c1. The number of rotatable bonds is 3. The minimum absolute atomic E-state index is 0.385. The normalized spacial score (nSPS) is 10.9. The predicted molar refractivity (Wildman–Crippen MR) is 89.1 cm³/mol. The summed E-state index contributed by atoms with van der Waals surface area (Å²) in [7, 11) is 1.50. The average Bonchev–Trinajstić information content (AvgIpc) is 3.09. The van der Waals surface area contributed by atoms with Crippen molar-refractivity contribution in [2.24, 2.45) is 0 Å². The van der Waals surface area contributed by atoms with E-state index in [2.05, 4.69) is 20.2 Å². The summed E-state index contributed by atoms with van der Waals surface area (Å²) in [6, 6.07) is 12.3. The number of halogens is 1. The molecule has 0 amide bonds. The molecule has 5 nitrogen and oxygen atoms in total. The molecule has 0 aliphatic rings. The molecule has 1 N–H and O–H groups in total. The molecule has 0 saturated carbocycles. The van der Waals surface area contributed by atoms with Gasteiger partial charge in [0.1, 0.15) is 17.9 Å². The van der Waals surface area contributed by atoms with Crippen LogP contribution in [0.3, 0.4) is 0 Å². The fraction of sp³-hybridized carbons (Fsp3) is 0.0556. The van der Waals surface area contributed by atoms with Crippen LogP contribution >= 0.6 is 0 Å². The fourth-order valence-corrected chi connectivity index (χ4v) is 2.60. The summed E-state index contributed by atoms with van der Waals surface area (Å²) in [5, 5.41) is 7.91. The van der Waals surface area contributed by atoms with E-state index in [1.807, 2.05) is 18.2 Å². The lowest BCUT2D eigenvalue weighted by atomic mass is 10.1. The Morgan fingerprint density at radius 1 is 1.00 bits per heavy atom. The molecule has 4 rings (SSSR count). The van der Waals surface area contributed by atoms with Crippen molar-refractivity contribution in [1.82, 2.24) is 20.2 Å². The van der Waals surface area contributed by atoms with E-state index in [1.54, 1.807) is 24.4 Å². The summed E-state index contributed by atoms with van der Waals surface area (Å²) in [6.07, 6.45) is 3.19. The van der Waals surface area contributed by atoms with Crippen LogP contribution in [0.4, 0.5) is 4.39 Å². The molecule has 0 bridgehead atoms. The number of nitrogens with zero attached hydrogens (tertiary/aromatic N) is 3. The van der Waals surface area contributed by atoms with Gasteiger partial charge in [-0.05, 0) is 30.3 Å². The van der Waals surface area contributed by atoms with Gasteiger partial charge in [-0.15, -0.1) is 0 Å². The van der Waals surface area contributed by atoms with Gasteiger partial charge in [0.15, 0.2) is 0 Å². The molecule has 0 aliphatic heterocycles. The van der Waals surface area contributed by atoms with Gasteiger partial charge in [-0.3, -0.25) is 5.10 Å². The second-order valence-corrected chi connectivity index (χ2v) is 5.31. The molecule has 0 spiro atoms. The molecule has 24 heavy (non-hydrogen) atoms. The third kappa shape index (κ3) is 2.48. The molecule has 2 heterocycles. The molecule has 118 valence electrons. The first-order chi connectivity index (χ1) is 11.7. The van der Waals surface area contributed by atoms with Gasteiger partial charge in [0.25, 0.3) is 0 Å². The minimum atomic E-state index is -0.385. The van der Waals surface area contributed by atoms with Gasteiger partial charge in [-0.25, -0.2) is 14.4 Å². The summed E-state index contributed by atoms with van der Waals surface area (Å²) in [5.41, 5.74) is 3.52. The van der Waals surface area contributed by atoms with Crippen LogP contribution < -0.4 is 4.74 Å². The van der Waals surface area contributed by atoms with Crippen molar-refractivity contribution in [2.45, 2.75) is 0 Å². The topological polar surface area (TPSA) is 63.7 Å². The van der Waals surface area contributed by atoms with Crippen molar-refractivity contribution in [3.8, 4) is 28.3 Å². The maximum atomic E-state index is 14.3. The quantitative estimate of drug-likeness (QED) is 0.623. The van der Waals surface area contributed by atoms with Gasteiger partial charge < -0.3 is 4.74 Å². The lowest BCUT2D eigenvalue weighted by Gasteiger charge is -2.07. The van der Waals surface area contributed by atoms with E-state index >= 15 is 0 Å². The second-order valence-electron chi connectivity index (χ2n) is 5.31. The Kier molecular flexibility index (Phi) is 3.42. The van der Waals surface area contributed by atoms with Gasteiger partial charge in [0.2, 0.25) is 0 Å². The average molecular weight is 320 g/mol. The summed E-state index contributed by atoms with van der Waals surface area (Å²) in [6.45, 7) is 0. The molecular weight excluding hydrogens is 307 g/mol. The summed E-state index contributed by atoms with van der Waals surface area (Å²) in [4.78, 5) is 8.49. The fourth-order valence-electron chi connectivity index (χ4n) is 2.60. The minimum Gasteiger partial charge on any atom is -0.497 e. The number of H-pyrrole nitrogens is 1. The van der Waals surface area contributed by atoms with E-state index in [1.165, 1.54) is 19.5 Å². The first-order valence-electron chi connectivity index (χ1n) is 7.34. The molecule has 0 radical (unpaired) electrons. The van der Waals surface area contributed by atoms with Crippen molar-refractivity contribution >= 4 is 10.9 Å². The monoisotopic (exact) mass is 320 g/mol. The number of methoxy groups -OCH3 is 1. The van der Waals surface area contributed by atoms with E-state index in [4.69, 9.17) is 4.74 Å². The molecule has 2 aromatic carbocycles. The molecule has 0 saturated heterocycles. The van der Waals surface area contributed by atoms with Crippen molar-refractivity contribution in [3.63, 3.8) is 0 Å². The van der Waals surface area contributed by atoms with E-state index in [9.17, 15) is 4.39 Å². The van der Waals surface area contributed by atoms with Crippen LogP contribution in [0, 0.1) is 5.82 Å². The van der Waals surface area contributed by atoms with Crippen molar-refractivity contribution in [2.75, 3.05) is 7.11 Å². The van der Waals surface area contributed by atoms with E-state index in [-0.39, 0.29) is 5.82 Å². The van der Waals surface area contributed by atoms with Gasteiger partial charge >= 0.3 is 0 Å². The summed E-state index contributed by atoms with van der Waals surface area (Å²) >= 11 is 0. The second kappa shape index (κ2) is 5.73. The first kappa shape index (κ1) is 14.3. The zero-order chi connectivity index (χ0) is 16.5. The molecule has 6 heteroatoms. The third-order valence-electron chi connectivity index (χ3n) is 3.86. The Labute approximate surface area is 137 Å². The maximum absolute atomic E-state index is 14.3. The van der Waals surface area contributed by atoms with Crippen LogP contribution in [-0.2, 0) is 0 Å². The Morgan fingerprint density at radius 3 is 2.71 bits per heavy atom. The molecule has 0 aliphatic carbocycles. The van der Waals surface area contributed by atoms with Crippen LogP contribution in [0.15, 0.2) is 55.0 Å². The number of aromatic amines is 1. The number of benzene rings is 2. The van der Waals surface area contributed by atoms with E-state index in [0.717, 1.165) is 22.2 Å². The van der Waals surface area contributed by atoms with Crippen LogP contribution in [0.5, 0.6) is 5.75 Å². The first-order valence-corrected chi connectivity index (χ1v) is 7.34. The third-order valence-corrected chi connectivity index (χ3v) is 3.86. The lowest BCUT2D eigenvalue weighted by Crippen LogP contribution is -1.93. The number of hydrogen-bond acceptors (Lipinski definition) is 4. The zero-order valence-electron chi connectivity index (χ0n) is 12.8. The molecule has 0 atom stereocenters. The molecular formula is C18H13FN4O. The summed E-state index contributed by atoms with van der Waals surface area (Å²) in [5.74, 6) is 0.0835. The highest BCUT2D eigenvalue weighted by Crippen LogP contribution is 2.28. The van der Waals surface area contributed by atoms with Gasteiger partial charge in [0, 0.05) is 22.6 Å². The van der Waals surface area contributed by atoms with E-state index < -0.39 is 0 Å². The molecule has 0 unspecified atom stereocenters. The smallest absolute Gasteiger partial charge is 0.136 e. The number of nitrogens with one attached hydrogen (secondary N) is 1. The van der Waals surface area contributed by atoms with Gasteiger partial charge in [-0.1, -0.05) is 6.07 Å². The van der Waals surface area contributed by atoms with Crippen molar-refractivity contribution in [3.05, 3.63) is 60.8 Å². The Balaban J connectivity index is 1.78. The highest BCUT2D eigenvalue weighted by Gasteiger charge is 2.10. The van der Waals surface area contributed by atoms with Gasteiger partial charge in [0.05, 0.1) is 30.2 Å². The maximum Gasteiger partial charge on any atom is 0.136 e. The predicted octanol–water partition coefficient (Wildman–Crippen LogP) is 3.83. The van der Waals surface area contributed by atoms with Gasteiger partial charge in [-0.2, -0.15) is 5.10 Å². The number of fused-ring (bicyclic) bond motifs is 1. The molecule has 4 aromatic rings. The standard InChI is InChI=1S/C18H13FN4O/c1-24-13-3-4-14(15(19)7-13)18-8-17(20-10-21-18)11-2-5-16-12(6-11)9-22-23-16/h2-10H,1H3,(H,22,23). The summed E-state index contributed by atoms with van der Waals surface area (Å²) < 4.78 is 19.3. The zero-order valence-corrected chi connectivity index (χ0v) is 12.8. The van der Waals surface area contributed by atoms with E-state index in [0.29, 0.717) is 17.0 Å². The Bertz CT molecular complexity index is 1030.